The van der Waals surface area contributed by atoms with Gasteiger partial charge in [-0.25, -0.2) is 0 Å². The number of likely N-dealkylation sites (tertiary alicyclic amines) is 1. The van der Waals surface area contributed by atoms with Crippen molar-refractivity contribution in [2.75, 3.05) is 13.1 Å². The summed E-state index contributed by atoms with van der Waals surface area (Å²) in [6.45, 7) is 2.29. The normalized spacial score (nSPS) is 18.7. The summed E-state index contributed by atoms with van der Waals surface area (Å²) in [5, 5.41) is 0. The van der Waals surface area contributed by atoms with E-state index in [4.69, 9.17) is 11.5 Å². The molecule has 0 atom stereocenters. The summed E-state index contributed by atoms with van der Waals surface area (Å²) in [5.74, 6) is 0.540. The molecule has 0 aromatic carbocycles. The van der Waals surface area contributed by atoms with Crippen LogP contribution >= 0.6 is 0 Å². The Morgan fingerprint density at radius 2 is 2.04 bits per heavy atom. The maximum Gasteiger partial charge on any atom is 0.433 e. The number of nitrogens with two attached hydrogens (primary N) is 2. The van der Waals surface area contributed by atoms with Crippen molar-refractivity contribution in [1.82, 2.24) is 9.88 Å². The zero-order valence-electron chi connectivity index (χ0n) is 12.7. The van der Waals surface area contributed by atoms with Gasteiger partial charge in [-0.3, -0.25) is 20.6 Å². The Morgan fingerprint density at radius 1 is 1.35 bits per heavy atom. The standard InChI is InChI=1S/C15H20F3N5/c16-15(17,18)13-2-1-11(9-21-13)10-23-7-4-12(5-8-23)22-14(20)3-6-19/h1-3,6,9,12H,4-5,7-8,10,19H2,(H2,20,22)/p+1/b6-3-. The lowest BCUT2D eigenvalue weighted by molar-refractivity contribution is -0.508. The van der Waals surface area contributed by atoms with Crippen LogP contribution in [0, 0.1) is 0 Å². The molecular formula is C15H21F3N5+. The maximum absolute atomic E-state index is 12.5. The van der Waals surface area contributed by atoms with E-state index in [0.717, 1.165) is 37.6 Å². The van der Waals surface area contributed by atoms with Gasteiger partial charge < -0.3 is 5.73 Å². The molecule has 1 aromatic heterocycles. The second-order valence-corrected chi connectivity index (χ2v) is 5.56. The van der Waals surface area contributed by atoms with Crippen LogP contribution in [0.4, 0.5) is 13.2 Å². The molecule has 0 radical (unpaired) electrons. The van der Waals surface area contributed by atoms with Gasteiger partial charge in [-0.2, -0.15) is 13.2 Å². The molecule has 2 heterocycles. The molecule has 5 N–H and O–H groups in total. The lowest BCUT2D eigenvalue weighted by atomic mass is 10.0. The van der Waals surface area contributed by atoms with Gasteiger partial charge in [0.05, 0.1) is 6.04 Å². The number of piperidine rings is 1. The summed E-state index contributed by atoms with van der Waals surface area (Å²) in [6.07, 6.45) is 1.72. The molecular weight excluding hydrogens is 307 g/mol. The van der Waals surface area contributed by atoms with Gasteiger partial charge in [0, 0.05) is 50.9 Å². The maximum atomic E-state index is 12.5. The third-order valence-electron chi connectivity index (χ3n) is 3.76. The van der Waals surface area contributed by atoms with Crippen molar-refractivity contribution in [3.63, 3.8) is 0 Å². The third kappa shape index (κ3) is 5.24. The van der Waals surface area contributed by atoms with Crippen molar-refractivity contribution >= 4 is 5.84 Å². The van der Waals surface area contributed by atoms with E-state index in [2.05, 4.69) is 14.9 Å². The fourth-order valence-corrected chi connectivity index (χ4v) is 2.57. The lowest BCUT2D eigenvalue weighted by Crippen LogP contribution is -2.82. The van der Waals surface area contributed by atoms with E-state index in [-0.39, 0.29) is 6.04 Å². The van der Waals surface area contributed by atoms with Gasteiger partial charge in [-0.1, -0.05) is 6.07 Å². The molecule has 0 saturated carbocycles. The Bertz CT molecular complexity index is 557. The average Bonchev–Trinajstić information content (AvgIpc) is 2.49. The highest BCUT2D eigenvalue weighted by atomic mass is 19.4. The van der Waals surface area contributed by atoms with Crippen molar-refractivity contribution in [3.8, 4) is 0 Å². The SMILES string of the molecule is N/C=C\C(N)=[NH+]C1CCN(Cc2ccc(C(F)(F)F)nc2)CC1. The van der Waals surface area contributed by atoms with Gasteiger partial charge in [-0.05, 0) is 11.6 Å². The van der Waals surface area contributed by atoms with E-state index in [1.54, 1.807) is 6.08 Å². The zero-order valence-corrected chi connectivity index (χ0v) is 12.7. The van der Waals surface area contributed by atoms with Crippen LogP contribution in [0.25, 0.3) is 0 Å². The Morgan fingerprint density at radius 3 is 2.57 bits per heavy atom. The largest absolute Gasteiger partial charge is 0.433 e. The molecule has 2 rings (SSSR count). The Labute approximate surface area is 132 Å². The average molecular weight is 328 g/mol. The molecule has 126 valence electrons. The molecule has 23 heavy (non-hydrogen) atoms. The molecule has 0 unspecified atom stereocenters. The Hall–Kier alpha value is -2.09. The molecule has 0 amide bonds. The van der Waals surface area contributed by atoms with Gasteiger partial charge in [-0.15, -0.1) is 0 Å². The molecule has 1 aliphatic rings. The van der Waals surface area contributed by atoms with Crippen molar-refractivity contribution in [3.05, 3.63) is 41.9 Å². The first-order valence-electron chi connectivity index (χ1n) is 7.40. The van der Waals surface area contributed by atoms with Crippen molar-refractivity contribution in [2.24, 2.45) is 11.5 Å². The molecule has 0 aliphatic carbocycles. The number of aromatic nitrogens is 1. The van der Waals surface area contributed by atoms with Crippen LogP contribution in [-0.4, -0.2) is 34.9 Å². The summed E-state index contributed by atoms with van der Waals surface area (Å²) in [7, 11) is 0. The van der Waals surface area contributed by atoms with Gasteiger partial charge in [0.25, 0.3) is 5.84 Å². The van der Waals surface area contributed by atoms with E-state index in [1.165, 1.54) is 18.5 Å². The van der Waals surface area contributed by atoms with Crippen LogP contribution in [0.5, 0.6) is 0 Å². The van der Waals surface area contributed by atoms with Crippen LogP contribution < -0.4 is 16.5 Å². The van der Waals surface area contributed by atoms with Crippen LogP contribution in [0.3, 0.4) is 0 Å². The van der Waals surface area contributed by atoms with Crippen LogP contribution in [-0.2, 0) is 12.7 Å². The molecule has 1 fully saturated rings. The molecule has 8 heteroatoms. The van der Waals surface area contributed by atoms with Gasteiger partial charge in [0.1, 0.15) is 5.69 Å². The minimum absolute atomic E-state index is 0.285. The minimum atomic E-state index is -4.39. The number of hydrogen-bond donors (Lipinski definition) is 3. The number of rotatable bonds is 4. The minimum Gasteiger partial charge on any atom is -0.404 e. The number of halogens is 3. The second kappa shape index (κ2) is 7.45. The Balaban J connectivity index is 1.86. The predicted molar refractivity (Wildman–Crippen MR) is 81.0 cm³/mol. The van der Waals surface area contributed by atoms with Crippen LogP contribution in [0.1, 0.15) is 24.1 Å². The summed E-state index contributed by atoms with van der Waals surface area (Å²) in [5.41, 5.74) is 10.9. The topological polar surface area (TPSA) is 82.1 Å². The smallest absolute Gasteiger partial charge is 0.404 e. The van der Waals surface area contributed by atoms with E-state index < -0.39 is 11.9 Å². The summed E-state index contributed by atoms with van der Waals surface area (Å²) in [6, 6.07) is 2.80. The van der Waals surface area contributed by atoms with Crippen molar-refractivity contribution in [1.29, 1.82) is 0 Å². The molecule has 0 bridgehead atoms. The molecule has 1 aromatic rings. The van der Waals surface area contributed by atoms with Gasteiger partial charge in [0.15, 0.2) is 0 Å². The number of nitrogens with zero attached hydrogens (tertiary/aromatic N) is 2. The van der Waals surface area contributed by atoms with E-state index in [1.807, 2.05) is 0 Å². The highest BCUT2D eigenvalue weighted by Gasteiger charge is 2.32. The number of nitrogens with one attached hydrogen (secondary N) is 1. The number of hydrogen-bond acceptors (Lipinski definition) is 3. The first-order chi connectivity index (χ1) is 10.9. The third-order valence-corrected chi connectivity index (χ3v) is 3.76. The first-order valence-corrected chi connectivity index (χ1v) is 7.40. The van der Waals surface area contributed by atoms with Gasteiger partial charge in [0.2, 0.25) is 0 Å². The summed E-state index contributed by atoms with van der Waals surface area (Å²) < 4.78 is 37.4. The Kier molecular flexibility index (Phi) is 5.59. The second-order valence-electron chi connectivity index (χ2n) is 5.56. The van der Waals surface area contributed by atoms with Crippen LogP contribution in [0.15, 0.2) is 30.6 Å². The number of pyridine rings is 1. The van der Waals surface area contributed by atoms with Crippen LogP contribution in [0.2, 0.25) is 0 Å². The van der Waals surface area contributed by atoms with E-state index >= 15 is 0 Å². The zero-order chi connectivity index (χ0) is 16.9. The fraction of sp³-hybridized carbons (Fsp3) is 0.467. The number of alkyl halides is 3. The highest BCUT2D eigenvalue weighted by Crippen LogP contribution is 2.27. The molecule has 1 saturated heterocycles. The first kappa shape index (κ1) is 17.3. The quantitative estimate of drug-likeness (QED) is 0.536. The molecule has 5 nitrogen and oxygen atoms in total. The predicted octanol–water partition coefficient (Wildman–Crippen LogP) is -0.0250. The molecule has 0 spiro atoms. The van der Waals surface area contributed by atoms with E-state index in [0.29, 0.717) is 12.4 Å². The summed E-state index contributed by atoms with van der Waals surface area (Å²) in [4.78, 5) is 8.87. The highest BCUT2D eigenvalue weighted by molar-refractivity contribution is 5.86. The lowest BCUT2D eigenvalue weighted by Gasteiger charge is -2.29. The van der Waals surface area contributed by atoms with Crippen molar-refractivity contribution < 1.29 is 18.2 Å². The van der Waals surface area contributed by atoms with E-state index in [9.17, 15) is 13.2 Å². The van der Waals surface area contributed by atoms with Crippen molar-refractivity contribution in [2.45, 2.75) is 31.6 Å². The fourth-order valence-electron chi connectivity index (χ4n) is 2.57. The summed E-state index contributed by atoms with van der Waals surface area (Å²) >= 11 is 0. The van der Waals surface area contributed by atoms with Gasteiger partial charge >= 0.3 is 6.18 Å². The monoisotopic (exact) mass is 328 g/mol. The number of amidine groups is 1. The molecule has 1 aliphatic heterocycles.